The number of phosphoric acid groups is 2. The second-order valence-electron chi connectivity index (χ2n) is 25.9. The standard InChI is InChI=1S/C69H134O17P2/c1-7-9-11-13-14-15-16-17-18-19-20-21-22-23-24-25-28-35-41-47-53-68(73)86-65(58-80-67(72)52-46-40-34-29-26-27-32-38-43-49-61(3)4)60-84-88(77,78)82-56-63(70)55-81-87(75,76)83-59-64(57-79-66(71)51-45-37-12-10-8-2)85-69(74)54-48-42-36-31-30-33-39-44-50-62(5)6/h61-65,70H,7-60H2,1-6H3,(H,75,76)(H,77,78)/t63-,64+,65+/m0/s1. The molecule has 0 aromatic carbocycles. The van der Waals surface area contributed by atoms with Gasteiger partial charge in [0.05, 0.1) is 26.4 Å². The Kier molecular flexibility index (Phi) is 59.9. The maximum atomic E-state index is 13.0. The van der Waals surface area contributed by atoms with Crippen LogP contribution in [0, 0.1) is 11.8 Å². The van der Waals surface area contributed by atoms with Crippen LogP contribution in [0.3, 0.4) is 0 Å². The molecule has 0 fully saturated rings. The van der Waals surface area contributed by atoms with E-state index in [1.165, 1.54) is 161 Å². The van der Waals surface area contributed by atoms with Gasteiger partial charge in [-0.1, -0.05) is 298 Å². The number of hydrogen-bond acceptors (Lipinski definition) is 15. The molecule has 0 radical (unpaired) electrons. The van der Waals surface area contributed by atoms with E-state index in [0.29, 0.717) is 25.7 Å². The lowest BCUT2D eigenvalue weighted by Crippen LogP contribution is -2.30. The summed E-state index contributed by atoms with van der Waals surface area (Å²) in [6.45, 7) is 9.38. The minimum atomic E-state index is -4.95. The molecule has 0 amide bonds. The minimum Gasteiger partial charge on any atom is -0.462 e. The molecule has 0 aliphatic rings. The number of unbranched alkanes of at least 4 members (excludes halogenated alkanes) is 38. The molecule has 0 bridgehead atoms. The van der Waals surface area contributed by atoms with Gasteiger partial charge in [0.25, 0.3) is 0 Å². The summed E-state index contributed by atoms with van der Waals surface area (Å²) in [5, 5.41) is 10.5. The second-order valence-corrected chi connectivity index (χ2v) is 28.8. The summed E-state index contributed by atoms with van der Waals surface area (Å²) < 4.78 is 68.0. The molecular formula is C69H134O17P2. The fraction of sp³-hybridized carbons (Fsp3) is 0.942. The summed E-state index contributed by atoms with van der Waals surface area (Å²) in [5.74, 6) is -0.677. The predicted octanol–water partition coefficient (Wildman–Crippen LogP) is 19.6. The average Bonchev–Trinajstić information content (AvgIpc) is 3.61. The zero-order valence-corrected chi connectivity index (χ0v) is 58.8. The molecule has 0 aromatic rings. The van der Waals surface area contributed by atoms with Gasteiger partial charge in [0.15, 0.2) is 12.2 Å². The number of aliphatic hydroxyl groups excluding tert-OH is 1. The van der Waals surface area contributed by atoms with E-state index in [1.807, 2.05) is 0 Å². The summed E-state index contributed by atoms with van der Waals surface area (Å²) in [4.78, 5) is 72.2. The number of phosphoric ester groups is 2. The van der Waals surface area contributed by atoms with Crippen LogP contribution in [-0.4, -0.2) is 96.7 Å². The molecule has 0 saturated heterocycles. The van der Waals surface area contributed by atoms with Crippen molar-refractivity contribution in [1.29, 1.82) is 0 Å². The van der Waals surface area contributed by atoms with E-state index in [0.717, 1.165) is 108 Å². The van der Waals surface area contributed by atoms with Gasteiger partial charge in [-0.15, -0.1) is 0 Å². The van der Waals surface area contributed by atoms with E-state index < -0.39 is 97.5 Å². The first-order chi connectivity index (χ1) is 42.4. The third-order valence-electron chi connectivity index (χ3n) is 16.0. The molecule has 0 saturated carbocycles. The van der Waals surface area contributed by atoms with Crippen molar-refractivity contribution in [3.05, 3.63) is 0 Å². The highest BCUT2D eigenvalue weighted by Crippen LogP contribution is 2.45. The lowest BCUT2D eigenvalue weighted by atomic mass is 10.0. The molecule has 3 N–H and O–H groups in total. The number of carbonyl (C=O) groups excluding carboxylic acids is 4. The van der Waals surface area contributed by atoms with Gasteiger partial charge >= 0.3 is 39.5 Å². The third-order valence-corrected chi connectivity index (χ3v) is 17.9. The average molecular weight is 1300 g/mol. The normalized spacial score (nSPS) is 14.2. The van der Waals surface area contributed by atoms with Crippen LogP contribution in [0.1, 0.15) is 350 Å². The molecule has 2 unspecified atom stereocenters. The Balaban J connectivity index is 5.12. The number of rotatable bonds is 68. The van der Waals surface area contributed by atoms with Gasteiger partial charge in [-0.3, -0.25) is 37.3 Å². The Bertz CT molecular complexity index is 1720. The zero-order chi connectivity index (χ0) is 65.0. The quantitative estimate of drug-likeness (QED) is 0.0222. The van der Waals surface area contributed by atoms with E-state index in [4.69, 9.17) is 37.0 Å². The van der Waals surface area contributed by atoms with Crippen LogP contribution >= 0.6 is 15.6 Å². The van der Waals surface area contributed by atoms with Gasteiger partial charge in [0, 0.05) is 25.7 Å². The highest BCUT2D eigenvalue weighted by atomic mass is 31.2. The summed E-state index contributed by atoms with van der Waals surface area (Å²) in [6.07, 6.45) is 46.4. The van der Waals surface area contributed by atoms with Gasteiger partial charge in [0.2, 0.25) is 0 Å². The molecular weight excluding hydrogens is 1160 g/mol. The summed E-state index contributed by atoms with van der Waals surface area (Å²) in [5.41, 5.74) is 0. The van der Waals surface area contributed by atoms with E-state index in [1.54, 1.807) is 0 Å². The van der Waals surface area contributed by atoms with Gasteiger partial charge in [-0.2, -0.15) is 0 Å². The lowest BCUT2D eigenvalue weighted by molar-refractivity contribution is -0.161. The van der Waals surface area contributed by atoms with Crippen molar-refractivity contribution < 1.29 is 80.2 Å². The Morgan fingerprint density at radius 3 is 0.773 bits per heavy atom. The Hall–Kier alpha value is -1.94. The molecule has 0 rings (SSSR count). The maximum Gasteiger partial charge on any atom is 0.472 e. The summed E-state index contributed by atoms with van der Waals surface area (Å²) in [7, 11) is -9.89. The van der Waals surface area contributed by atoms with Gasteiger partial charge in [-0.05, 0) is 37.5 Å². The van der Waals surface area contributed by atoms with Crippen molar-refractivity contribution in [2.75, 3.05) is 39.6 Å². The van der Waals surface area contributed by atoms with Gasteiger partial charge in [0.1, 0.15) is 19.3 Å². The largest absolute Gasteiger partial charge is 0.472 e. The van der Waals surface area contributed by atoms with E-state index in [9.17, 15) is 43.2 Å². The maximum absolute atomic E-state index is 13.0. The SMILES string of the molecule is CCCCCCCCCCCCCCCCCCCCCCC(=O)O[C@H](COC(=O)CCCCCCCCCCCC(C)C)COP(=O)(O)OC[C@@H](O)COP(=O)(O)OC[C@@H](COC(=O)CCCCCCC)OC(=O)CCCCCCCCCCC(C)C. The number of hydrogen-bond donors (Lipinski definition) is 3. The first kappa shape index (κ1) is 86.1. The highest BCUT2D eigenvalue weighted by molar-refractivity contribution is 7.47. The fourth-order valence-electron chi connectivity index (χ4n) is 10.4. The van der Waals surface area contributed by atoms with Crippen LogP contribution in [0.2, 0.25) is 0 Å². The Morgan fingerprint density at radius 1 is 0.307 bits per heavy atom. The van der Waals surface area contributed by atoms with Crippen molar-refractivity contribution in [2.24, 2.45) is 11.8 Å². The Labute approximate surface area is 537 Å². The number of carbonyl (C=O) groups is 4. The van der Waals surface area contributed by atoms with Crippen molar-refractivity contribution in [3.8, 4) is 0 Å². The predicted molar refractivity (Wildman–Crippen MR) is 354 cm³/mol. The van der Waals surface area contributed by atoms with E-state index in [-0.39, 0.29) is 25.7 Å². The van der Waals surface area contributed by atoms with Crippen LogP contribution in [0.5, 0.6) is 0 Å². The molecule has 17 nitrogen and oxygen atoms in total. The van der Waals surface area contributed by atoms with Crippen molar-refractivity contribution >= 4 is 39.5 Å². The van der Waals surface area contributed by atoms with Crippen molar-refractivity contribution in [2.45, 2.75) is 368 Å². The first-order valence-electron chi connectivity index (χ1n) is 36.0. The smallest absolute Gasteiger partial charge is 0.462 e. The van der Waals surface area contributed by atoms with Crippen molar-refractivity contribution in [3.63, 3.8) is 0 Å². The van der Waals surface area contributed by atoms with E-state index >= 15 is 0 Å². The van der Waals surface area contributed by atoms with Crippen LogP contribution < -0.4 is 0 Å². The molecule has 0 aromatic heterocycles. The number of esters is 4. The number of ether oxygens (including phenoxy) is 4. The summed E-state index contributed by atoms with van der Waals surface area (Å²) in [6, 6.07) is 0. The lowest BCUT2D eigenvalue weighted by Gasteiger charge is -2.21. The van der Waals surface area contributed by atoms with Crippen LogP contribution in [0.4, 0.5) is 0 Å². The molecule has 19 heteroatoms. The molecule has 522 valence electrons. The third kappa shape index (κ3) is 62.8. The Morgan fingerprint density at radius 2 is 0.523 bits per heavy atom. The number of aliphatic hydroxyl groups is 1. The van der Waals surface area contributed by atoms with Crippen molar-refractivity contribution in [1.82, 2.24) is 0 Å². The zero-order valence-electron chi connectivity index (χ0n) is 57.0. The molecule has 0 heterocycles. The minimum absolute atomic E-state index is 0.103. The van der Waals surface area contributed by atoms with Gasteiger partial charge in [-0.25, -0.2) is 9.13 Å². The van der Waals surface area contributed by atoms with Gasteiger partial charge < -0.3 is 33.8 Å². The highest BCUT2D eigenvalue weighted by Gasteiger charge is 2.30. The molecule has 5 atom stereocenters. The fourth-order valence-corrected chi connectivity index (χ4v) is 12.0. The molecule has 0 aliphatic carbocycles. The molecule has 0 spiro atoms. The first-order valence-corrected chi connectivity index (χ1v) is 39.0. The second kappa shape index (κ2) is 61.3. The van der Waals surface area contributed by atoms with Crippen LogP contribution in [0.15, 0.2) is 0 Å². The van der Waals surface area contributed by atoms with Crippen LogP contribution in [-0.2, 0) is 65.4 Å². The molecule has 0 aliphatic heterocycles. The topological polar surface area (TPSA) is 237 Å². The van der Waals surface area contributed by atoms with Crippen LogP contribution in [0.25, 0.3) is 0 Å². The molecule has 88 heavy (non-hydrogen) atoms. The monoisotopic (exact) mass is 1300 g/mol. The summed E-state index contributed by atoms with van der Waals surface area (Å²) >= 11 is 0. The van der Waals surface area contributed by atoms with E-state index in [2.05, 4.69) is 41.5 Å².